The van der Waals surface area contributed by atoms with Crippen LogP contribution in [0.15, 0.2) is 47.4 Å². The first-order valence-corrected chi connectivity index (χ1v) is 10.4. The normalized spacial score (nSPS) is 15.4. The van der Waals surface area contributed by atoms with E-state index in [-0.39, 0.29) is 11.3 Å². The number of benzene rings is 1. The van der Waals surface area contributed by atoms with Crippen molar-refractivity contribution < 1.29 is 9.32 Å². The lowest BCUT2D eigenvalue weighted by molar-refractivity contribution is 0.0687. The zero-order chi connectivity index (χ0) is 21.1. The van der Waals surface area contributed by atoms with Gasteiger partial charge in [-0.15, -0.1) is 0 Å². The van der Waals surface area contributed by atoms with Crippen molar-refractivity contribution >= 4 is 5.91 Å². The molecular formula is C23H27N5O2. The molecule has 0 unspecified atom stereocenters. The molecule has 3 aromatic rings. The van der Waals surface area contributed by atoms with Crippen molar-refractivity contribution in [3.63, 3.8) is 0 Å². The summed E-state index contributed by atoms with van der Waals surface area (Å²) in [5.74, 6) is 1.60. The third kappa shape index (κ3) is 4.56. The first-order chi connectivity index (χ1) is 14.4. The summed E-state index contributed by atoms with van der Waals surface area (Å²) >= 11 is 0. The van der Waals surface area contributed by atoms with Crippen LogP contribution in [0.4, 0.5) is 0 Å². The Bertz CT molecular complexity index is 984. The van der Waals surface area contributed by atoms with E-state index in [9.17, 15) is 4.79 Å². The van der Waals surface area contributed by atoms with E-state index < -0.39 is 0 Å². The summed E-state index contributed by atoms with van der Waals surface area (Å²) in [5.41, 5.74) is 2.68. The molecule has 0 saturated carbocycles. The average molecular weight is 406 g/mol. The minimum Gasteiger partial charge on any atom is -0.339 e. The van der Waals surface area contributed by atoms with Crippen molar-refractivity contribution in [2.45, 2.75) is 45.4 Å². The maximum absolute atomic E-state index is 12.9. The number of rotatable bonds is 4. The molecule has 3 heterocycles. The predicted octanol–water partition coefficient (Wildman–Crippen LogP) is 3.92. The highest BCUT2D eigenvalue weighted by atomic mass is 16.5. The fourth-order valence-corrected chi connectivity index (χ4v) is 3.74. The van der Waals surface area contributed by atoms with Crippen molar-refractivity contribution in [1.82, 2.24) is 25.0 Å². The lowest BCUT2D eigenvalue weighted by atomic mass is 9.86. The van der Waals surface area contributed by atoms with E-state index in [1.807, 2.05) is 17.0 Å². The number of nitrogens with zero attached hydrogens (tertiary/aromatic N) is 5. The Hall–Kier alpha value is -3.09. The SMILES string of the molecule is CC(C)(C)c1ccc(C(=O)N2CCC(Cc3nc(-c4cnccn4)no3)CC2)cc1. The van der Waals surface area contributed by atoms with Crippen LogP contribution in [0.1, 0.15) is 55.4 Å². The highest BCUT2D eigenvalue weighted by molar-refractivity contribution is 5.94. The minimum atomic E-state index is 0.0849. The van der Waals surface area contributed by atoms with Crippen LogP contribution >= 0.6 is 0 Å². The van der Waals surface area contributed by atoms with E-state index >= 15 is 0 Å². The first-order valence-electron chi connectivity index (χ1n) is 10.4. The smallest absolute Gasteiger partial charge is 0.253 e. The molecule has 1 aromatic carbocycles. The molecule has 0 atom stereocenters. The van der Waals surface area contributed by atoms with Gasteiger partial charge in [-0.05, 0) is 41.9 Å². The summed E-state index contributed by atoms with van der Waals surface area (Å²) in [4.78, 5) is 27.5. The second-order valence-electron chi connectivity index (χ2n) is 8.87. The van der Waals surface area contributed by atoms with Gasteiger partial charge in [0.2, 0.25) is 11.7 Å². The van der Waals surface area contributed by atoms with Crippen molar-refractivity contribution in [2.75, 3.05) is 13.1 Å². The molecule has 1 saturated heterocycles. The number of hydrogen-bond donors (Lipinski definition) is 0. The molecule has 2 aromatic heterocycles. The molecule has 0 radical (unpaired) electrons. The van der Waals surface area contributed by atoms with Crippen LogP contribution in [0, 0.1) is 5.92 Å². The summed E-state index contributed by atoms with van der Waals surface area (Å²) in [6, 6.07) is 8.01. The van der Waals surface area contributed by atoms with Crippen LogP contribution in [0.25, 0.3) is 11.5 Å². The summed E-state index contributed by atoms with van der Waals surface area (Å²) < 4.78 is 5.39. The second-order valence-corrected chi connectivity index (χ2v) is 8.87. The van der Waals surface area contributed by atoms with Gasteiger partial charge in [0.1, 0.15) is 5.69 Å². The number of carbonyl (C=O) groups excluding carboxylic acids is 1. The summed E-state index contributed by atoms with van der Waals surface area (Å²) in [7, 11) is 0. The molecule has 7 heteroatoms. The third-order valence-corrected chi connectivity index (χ3v) is 5.62. The zero-order valence-electron chi connectivity index (χ0n) is 17.7. The highest BCUT2D eigenvalue weighted by Gasteiger charge is 2.26. The van der Waals surface area contributed by atoms with Gasteiger partial charge in [-0.25, -0.2) is 4.98 Å². The van der Waals surface area contributed by atoms with Crippen LogP contribution < -0.4 is 0 Å². The Kier molecular flexibility index (Phi) is 5.61. The standard InChI is InChI=1S/C23H27N5O2/c1-23(2,3)18-6-4-17(5-7-18)22(29)28-12-8-16(9-13-28)14-20-26-21(27-30-20)19-15-24-10-11-25-19/h4-7,10-11,15-16H,8-9,12-14H2,1-3H3. The number of amides is 1. The van der Waals surface area contributed by atoms with Crippen LogP contribution in [0.2, 0.25) is 0 Å². The van der Waals surface area contributed by atoms with E-state index in [0.717, 1.165) is 37.9 Å². The van der Waals surface area contributed by atoms with Gasteiger partial charge >= 0.3 is 0 Å². The van der Waals surface area contributed by atoms with E-state index in [1.165, 1.54) is 5.56 Å². The average Bonchev–Trinajstić information content (AvgIpc) is 3.22. The van der Waals surface area contributed by atoms with Crippen molar-refractivity contribution in [3.8, 4) is 11.5 Å². The number of likely N-dealkylation sites (tertiary alicyclic amines) is 1. The highest BCUT2D eigenvalue weighted by Crippen LogP contribution is 2.25. The van der Waals surface area contributed by atoms with Crippen LogP contribution in [0.5, 0.6) is 0 Å². The van der Waals surface area contributed by atoms with Gasteiger partial charge < -0.3 is 9.42 Å². The fraction of sp³-hybridized carbons (Fsp3) is 0.435. The largest absolute Gasteiger partial charge is 0.339 e. The number of carbonyl (C=O) groups is 1. The number of hydrogen-bond acceptors (Lipinski definition) is 6. The van der Waals surface area contributed by atoms with Crippen molar-refractivity contribution in [3.05, 3.63) is 59.9 Å². The predicted molar refractivity (Wildman–Crippen MR) is 113 cm³/mol. The molecule has 1 amide bonds. The Labute approximate surface area is 176 Å². The third-order valence-electron chi connectivity index (χ3n) is 5.62. The summed E-state index contributed by atoms with van der Waals surface area (Å²) in [6.45, 7) is 8.02. The lowest BCUT2D eigenvalue weighted by Crippen LogP contribution is -2.39. The summed E-state index contributed by atoms with van der Waals surface area (Å²) in [5, 5.41) is 4.01. The van der Waals surface area contributed by atoms with Crippen LogP contribution in [-0.2, 0) is 11.8 Å². The molecule has 7 nitrogen and oxygen atoms in total. The van der Waals surface area contributed by atoms with E-state index in [4.69, 9.17) is 4.52 Å². The quantitative estimate of drug-likeness (QED) is 0.654. The Morgan fingerprint density at radius 1 is 1.13 bits per heavy atom. The topological polar surface area (TPSA) is 85.0 Å². The lowest BCUT2D eigenvalue weighted by Gasteiger charge is -2.31. The molecule has 0 aliphatic carbocycles. The van der Waals surface area contributed by atoms with Gasteiger partial charge in [0.25, 0.3) is 5.91 Å². The number of piperidine rings is 1. The maximum Gasteiger partial charge on any atom is 0.253 e. The van der Waals surface area contributed by atoms with Gasteiger partial charge in [0, 0.05) is 37.5 Å². The zero-order valence-corrected chi connectivity index (χ0v) is 17.7. The molecule has 0 bridgehead atoms. The van der Waals surface area contributed by atoms with Gasteiger partial charge in [-0.1, -0.05) is 38.1 Å². The number of aromatic nitrogens is 4. The minimum absolute atomic E-state index is 0.0849. The van der Waals surface area contributed by atoms with Gasteiger partial charge in [0.05, 0.1) is 6.20 Å². The summed E-state index contributed by atoms with van der Waals surface area (Å²) in [6.07, 6.45) is 7.40. The molecular weight excluding hydrogens is 378 g/mol. The molecule has 156 valence electrons. The first kappa shape index (κ1) is 20.2. The van der Waals surface area contributed by atoms with Gasteiger partial charge in [0.15, 0.2) is 0 Å². The van der Waals surface area contributed by atoms with E-state index in [0.29, 0.717) is 23.3 Å². The van der Waals surface area contributed by atoms with Crippen LogP contribution in [0.3, 0.4) is 0 Å². The van der Waals surface area contributed by atoms with Gasteiger partial charge in [-0.2, -0.15) is 4.98 Å². The molecule has 1 aliphatic rings. The monoisotopic (exact) mass is 405 g/mol. The molecule has 1 aliphatic heterocycles. The molecule has 0 N–H and O–H groups in total. The Morgan fingerprint density at radius 3 is 2.50 bits per heavy atom. The van der Waals surface area contributed by atoms with E-state index in [2.05, 4.69) is 53.0 Å². The van der Waals surface area contributed by atoms with Gasteiger partial charge in [-0.3, -0.25) is 9.78 Å². The second kappa shape index (κ2) is 8.34. The Balaban J connectivity index is 1.32. The molecule has 30 heavy (non-hydrogen) atoms. The Morgan fingerprint density at radius 2 is 1.87 bits per heavy atom. The maximum atomic E-state index is 12.9. The van der Waals surface area contributed by atoms with Crippen molar-refractivity contribution in [1.29, 1.82) is 0 Å². The molecule has 0 spiro atoms. The fourth-order valence-electron chi connectivity index (χ4n) is 3.74. The van der Waals surface area contributed by atoms with Crippen molar-refractivity contribution in [2.24, 2.45) is 5.92 Å². The van der Waals surface area contributed by atoms with E-state index in [1.54, 1.807) is 18.6 Å². The molecule has 4 rings (SSSR count). The molecule has 1 fully saturated rings. The van der Waals surface area contributed by atoms with Crippen LogP contribution in [-0.4, -0.2) is 44.0 Å².